The van der Waals surface area contributed by atoms with Gasteiger partial charge in [0.15, 0.2) is 0 Å². The molecule has 2 unspecified atom stereocenters. The van der Waals surface area contributed by atoms with E-state index >= 15 is 0 Å². The highest BCUT2D eigenvalue weighted by Gasteiger charge is 2.33. The molecule has 114 valence electrons. The zero-order valence-corrected chi connectivity index (χ0v) is 12.3. The quantitative estimate of drug-likeness (QED) is 0.777. The van der Waals surface area contributed by atoms with E-state index in [1.807, 2.05) is 25.1 Å². The Balaban J connectivity index is 1.74. The number of urea groups is 1. The van der Waals surface area contributed by atoms with E-state index in [1.54, 1.807) is 0 Å². The molecule has 2 atom stereocenters. The summed E-state index contributed by atoms with van der Waals surface area (Å²) in [6.07, 6.45) is 3.00. The molecule has 5 nitrogen and oxygen atoms in total. The predicted octanol–water partition coefficient (Wildman–Crippen LogP) is 2.09. The molecule has 1 aliphatic carbocycles. The second-order valence-electron chi connectivity index (χ2n) is 5.62. The minimum atomic E-state index is -0.822. The number of carbonyl (C=O) groups is 2. The third-order valence-corrected chi connectivity index (χ3v) is 3.93. The first-order valence-electron chi connectivity index (χ1n) is 7.39. The maximum atomic E-state index is 11.8. The molecule has 2 amide bonds. The van der Waals surface area contributed by atoms with Gasteiger partial charge in [-0.1, -0.05) is 36.2 Å². The number of hydrogen-bond acceptors (Lipinski definition) is 2. The molecule has 0 heterocycles. The highest BCUT2D eigenvalue weighted by Crippen LogP contribution is 2.25. The van der Waals surface area contributed by atoms with Crippen LogP contribution in [-0.2, 0) is 11.2 Å². The van der Waals surface area contributed by atoms with E-state index < -0.39 is 11.9 Å². The van der Waals surface area contributed by atoms with Crippen molar-refractivity contribution in [1.29, 1.82) is 0 Å². The van der Waals surface area contributed by atoms with E-state index in [-0.39, 0.29) is 12.1 Å². The van der Waals surface area contributed by atoms with Gasteiger partial charge < -0.3 is 15.7 Å². The van der Waals surface area contributed by atoms with E-state index in [4.69, 9.17) is 5.11 Å². The molecule has 0 bridgehead atoms. The van der Waals surface area contributed by atoms with Crippen LogP contribution in [0.4, 0.5) is 4.79 Å². The summed E-state index contributed by atoms with van der Waals surface area (Å²) in [4.78, 5) is 22.9. The van der Waals surface area contributed by atoms with Crippen LogP contribution in [0.25, 0.3) is 0 Å². The summed E-state index contributed by atoms with van der Waals surface area (Å²) in [6, 6.07) is 7.64. The van der Waals surface area contributed by atoms with E-state index in [9.17, 15) is 9.59 Å². The predicted molar refractivity (Wildman–Crippen MR) is 80.2 cm³/mol. The molecule has 0 saturated heterocycles. The number of aryl methyl sites for hydroxylation is 1. The molecule has 1 aromatic rings. The fourth-order valence-corrected chi connectivity index (χ4v) is 2.84. The summed E-state index contributed by atoms with van der Waals surface area (Å²) in [6.45, 7) is 2.58. The third-order valence-electron chi connectivity index (χ3n) is 3.93. The highest BCUT2D eigenvalue weighted by molar-refractivity contribution is 5.77. The van der Waals surface area contributed by atoms with Gasteiger partial charge in [-0.2, -0.15) is 0 Å². The molecule has 5 heteroatoms. The second kappa shape index (κ2) is 7.11. The lowest BCUT2D eigenvalue weighted by Crippen LogP contribution is -2.45. The Morgan fingerprint density at radius 3 is 2.86 bits per heavy atom. The molecule has 0 aromatic heterocycles. The van der Waals surface area contributed by atoms with Crippen molar-refractivity contribution in [3.63, 3.8) is 0 Å². The summed E-state index contributed by atoms with van der Waals surface area (Å²) in [5.74, 6) is -1.27. The highest BCUT2D eigenvalue weighted by atomic mass is 16.4. The summed E-state index contributed by atoms with van der Waals surface area (Å²) >= 11 is 0. The number of carbonyl (C=O) groups excluding carboxylic acids is 1. The SMILES string of the molecule is Cc1cccc(CCNC(=O)NC2CCCC2C(=O)O)c1. The van der Waals surface area contributed by atoms with Gasteiger partial charge in [-0.05, 0) is 31.7 Å². The Bertz CT molecular complexity index is 516. The summed E-state index contributed by atoms with van der Waals surface area (Å²) < 4.78 is 0. The van der Waals surface area contributed by atoms with Gasteiger partial charge in [-0.25, -0.2) is 4.79 Å². The average molecular weight is 290 g/mol. The first-order chi connectivity index (χ1) is 10.1. The maximum absolute atomic E-state index is 11.8. The number of nitrogens with one attached hydrogen (secondary N) is 2. The van der Waals surface area contributed by atoms with Crippen LogP contribution in [0, 0.1) is 12.8 Å². The Kier molecular flexibility index (Phi) is 5.20. The van der Waals surface area contributed by atoms with Crippen LogP contribution in [-0.4, -0.2) is 29.7 Å². The lowest BCUT2D eigenvalue weighted by molar-refractivity contribution is -0.142. The Morgan fingerprint density at radius 1 is 1.33 bits per heavy atom. The molecule has 0 radical (unpaired) electrons. The second-order valence-corrected chi connectivity index (χ2v) is 5.62. The Morgan fingerprint density at radius 2 is 2.14 bits per heavy atom. The van der Waals surface area contributed by atoms with Gasteiger partial charge in [-0.15, -0.1) is 0 Å². The monoisotopic (exact) mass is 290 g/mol. The van der Waals surface area contributed by atoms with Gasteiger partial charge >= 0.3 is 12.0 Å². The van der Waals surface area contributed by atoms with E-state index in [2.05, 4.69) is 16.7 Å². The molecule has 0 spiro atoms. The van der Waals surface area contributed by atoms with Gasteiger partial charge in [0.05, 0.1) is 5.92 Å². The first-order valence-corrected chi connectivity index (χ1v) is 7.39. The fourth-order valence-electron chi connectivity index (χ4n) is 2.84. The normalized spacial score (nSPS) is 21.0. The number of carboxylic acid groups (broad SMARTS) is 1. The van der Waals surface area contributed by atoms with Crippen molar-refractivity contribution >= 4 is 12.0 Å². The Labute approximate surface area is 124 Å². The molecule has 0 aliphatic heterocycles. The van der Waals surface area contributed by atoms with Gasteiger partial charge in [0, 0.05) is 12.6 Å². The van der Waals surface area contributed by atoms with Crippen molar-refractivity contribution in [2.45, 2.75) is 38.6 Å². The molecular weight excluding hydrogens is 268 g/mol. The van der Waals surface area contributed by atoms with E-state index in [0.29, 0.717) is 13.0 Å². The number of carboxylic acids is 1. The van der Waals surface area contributed by atoms with Crippen LogP contribution in [0.5, 0.6) is 0 Å². The van der Waals surface area contributed by atoms with Crippen molar-refractivity contribution in [2.24, 2.45) is 5.92 Å². The largest absolute Gasteiger partial charge is 0.481 e. The molecule has 1 fully saturated rings. The summed E-state index contributed by atoms with van der Waals surface area (Å²) in [5.41, 5.74) is 2.38. The average Bonchev–Trinajstić information content (AvgIpc) is 2.87. The van der Waals surface area contributed by atoms with Crippen molar-refractivity contribution in [2.75, 3.05) is 6.54 Å². The number of rotatable bonds is 5. The maximum Gasteiger partial charge on any atom is 0.315 e. The van der Waals surface area contributed by atoms with Gasteiger partial charge in [0.25, 0.3) is 0 Å². The summed E-state index contributed by atoms with van der Waals surface area (Å²) in [7, 11) is 0. The van der Waals surface area contributed by atoms with Gasteiger partial charge in [-0.3, -0.25) is 4.79 Å². The van der Waals surface area contributed by atoms with Crippen molar-refractivity contribution in [1.82, 2.24) is 10.6 Å². The third kappa shape index (κ3) is 4.48. The van der Waals surface area contributed by atoms with Crippen molar-refractivity contribution < 1.29 is 14.7 Å². The van der Waals surface area contributed by atoms with Gasteiger partial charge in [0.1, 0.15) is 0 Å². The zero-order valence-electron chi connectivity index (χ0n) is 12.3. The number of benzene rings is 1. The van der Waals surface area contributed by atoms with Crippen LogP contribution in [0.1, 0.15) is 30.4 Å². The zero-order chi connectivity index (χ0) is 15.2. The molecular formula is C16H22N2O3. The van der Waals surface area contributed by atoms with Crippen molar-refractivity contribution in [3.8, 4) is 0 Å². The topological polar surface area (TPSA) is 78.4 Å². The Hall–Kier alpha value is -2.04. The standard InChI is InChI=1S/C16H22N2O3/c1-11-4-2-5-12(10-11)8-9-17-16(21)18-14-7-3-6-13(14)15(19)20/h2,4-5,10,13-14H,3,6-9H2,1H3,(H,19,20)(H2,17,18,21). The van der Waals surface area contributed by atoms with Crippen LogP contribution < -0.4 is 10.6 Å². The molecule has 2 rings (SSSR count). The minimum absolute atomic E-state index is 0.249. The molecule has 1 aliphatic rings. The van der Waals surface area contributed by atoms with Crippen molar-refractivity contribution in [3.05, 3.63) is 35.4 Å². The fraction of sp³-hybridized carbons (Fsp3) is 0.500. The minimum Gasteiger partial charge on any atom is -0.481 e. The lowest BCUT2D eigenvalue weighted by atomic mass is 10.0. The lowest BCUT2D eigenvalue weighted by Gasteiger charge is -2.18. The van der Waals surface area contributed by atoms with Gasteiger partial charge in [0.2, 0.25) is 0 Å². The number of hydrogen-bond donors (Lipinski definition) is 3. The number of amides is 2. The molecule has 3 N–H and O–H groups in total. The molecule has 1 saturated carbocycles. The van der Waals surface area contributed by atoms with Crippen LogP contribution in [0.15, 0.2) is 24.3 Å². The smallest absolute Gasteiger partial charge is 0.315 e. The molecule has 1 aromatic carbocycles. The van der Waals surface area contributed by atoms with Crippen LogP contribution in [0.3, 0.4) is 0 Å². The molecule has 21 heavy (non-hydrogen) atoms. The summed E-state index contributed by atoms with van der Waals surface area (Å²) in [5, 5.41) is 14.6. The van der Waals surface area contributed by atoms with Crippen LogP contribution in [0.2, 0.25) is 0 Å². The number of aliphatic carboxylic acids is 1. The van der Waals surface area contributed by atoms with Crippen LogP contribution >= 0.6 is 0 Å². The first kappa shape index (κ1) is 15.4. The van der Waals surface area contributed by atoms with E-state index in [0.717, 1.165) is 19.3 Å². The van der Waals surface area contributed by atoms with E-state index in [1.165, 1.54) is 11.1 Å².